The highest BCUT2D eigenvalue weighted by atomic mass is 35.5. The fourth-order valence-electron chi connectivity index (χ4n) is 4.27. The summed E-state index contributed by atoms with van der Waals surface area (Å²) in [6.07, 6.45) is 5.00. The second-order valence-electron chi connectivity index (χ2n) is 8.98. The van der Waals surface area contributed by atoms with Gasteiger partial charge in [-0.2, -0.15) is 0 Å². The van der Waals surface area contributed by atoms with Gasteiger partial charge in [0.1, 0.15) is 18.3 Å². The van der Waals surface area contributed by atoms with E-state index >= 15 is 0 Å². The third-order valence-corrected chi connectivity index (χ3v) is 7.79. The van der Waals surface area contributed by atoms with Gasteiger partial charge in [0, 0.05) is 17.6 Å². The van der Waals surface area contributed by atoms with Crippen LogP contribution in [0.1, 0.15) is 45.1 Å². The smallest absolute Gasteiger partial charge is 0.244 e. The van der Waals surface area contributed by atoms with Crippen molar-refractivity contribution in [3.8, 4) is 5.75 Å². The summed E-state index contributed by atoms with van der Waals surface area (Å²) in [5.74, 6) is -0.184. The van der Waals surface area contributed by atoms with Gasteiger partial charge in [0.15, 0.2) is 0 Å². The summed E-state index contributed by atoms with van der Waals surface area (Å²) in [5, 5.41) is 3.50. The molecule has 3 rings (SSSR count). The lowest BCUT2D eigenvalue weighted by Gasteiger charge is -2.32. The van der Waals surface area contributed by atoms with Gasteiger partial charge in [0.05, 0.1) is 18.6 Å². The fourth-order valence-corrected chi connectivity index (χ4v) is 5.32. The minimum atomic E-state index is -3.80. The molecule has 1 N–H and O–H groups in total. The summed E-state index contributed by atoms with van der Waals surface area (Å²) < 4.78 is 31.8. The quantitative estimate of drug-likeness (QED) is 0.469. The molecule has 0 aromatic heterocycles. The van der Waals surface area contributed by atoms with E-state index in [-0.39, 0.29) is 18.5 Å². The topological polar surface area (TPSA) is 96.0 Å². The maximum Gasteiger partial charge on any atom is 0.244 e. The molecule has 1 atom stereocenters. The zero-order valence-electron chi connectivity index (χ0n) is 20.9. The van der Waals surface area contributed by atoms with Crippen molar-refractivity contribution in [1.29, 1.82) is 0 Å². The highest BCUT2D eigenvalue weighted by Gasteiger charge is 2.31. The van der Waals surface area contributed by atoms with E-state index in [1.165, 1.54) is 4.90 Å². The molecule has 196 valence electrons. The third-order valence-electron chi connectivity index (χ3n) is 6.28. The van der Waals surface area contributed by atoms with Crippen molar-refractivity contribution in [2.24, 2.45) is 0 Å². The van der Waals surface area contributed by atoms with Gasteiger partial charge in [-0.05, 0) is 62.6 Å². The molecular weight excluding hydrogens is 502 g/mol. The Morgan fingerprint density at radius 1 is 1.11 bits per heavy atom. The lowest BCUT2D eigenvalue weighted by Crippen LogP contribution is -2.52. The number of hydrogen-bond donors (Lipinski definition) is 1. The Morgan fingerprint density at radius 2 is 1.75 bits per heavy atom. The minimum Gasteiger partial charge on any atom is -0.494 e. The first-order valence-corrected chi connectivity index (χ1v) is 14.4. The van der Waals surface area contributed by atoms with Gasteiger partial charge >= 0.3 is 0 Å². The fraction of sp³-hybridized carbons (Fsp3) is 0.462. The number of nitrogens with zero attached hydrogens (tertiary/aromatic N) is 2. The number of anilines is 1. The van der Waals surface area contributed by atoms with Gasteiger partial charge in [-0.15, -0.1) is 0 Å². The molecule has 0 spiro atoms. The van der Waals surface area contributed by atoms with Crippen molar-refractivity contribution < 1.29 is 22.7 Å². The number of benzene rings is 2. The van der Waals surface area contributed by atoms with Crippen LogP contribution < -0.4 is 14.4 Å². The van der Waals surface area contributed by atoms with Crippen LogP contribution in [0.25, 0.3) is 0 Å². The highest BCUT2D eigenvalue weighted by molar-refractivity contribution is 7.92. The van der Waals surface area contributed by atoms with Gasteiger partial charge in [-0.25, -0.2) is 8.42 Å². The SMILES string of the molecule is CCOc1ccc(N(CC(=O)N(Cc2ccccc2Cl)[C@H](C)C(=O)NC2CCCC2)S(C)(=O)=O)cc1. The van der Waals surface area contributed by atoms with Crippen molar-refractivity contribution in [2.45, 2.75) is 58.2 Å². The maximum absolute atomic E-state index is 13.6. The summed E-state index contributed by atoms with van der Waals surface area (Å²) >= 11 is 6.35. The van der Waals surface area contributed by atoms with E-state index in [0.29, 0.717) is 28.6 Å². The third kappa shape index (κ3) is 7.36. The Morgan fingerprint density at radius 3 is 2.33 bits per heavy atom. The van der Waals surface area contributed by atoms with Gasteiger partial charge in [0.25, 0.3) is 0 Å². The minimum absolute atomic E-state index is 0.0681. The number of sulfonamides is 1. The first-order valence-electron chi connectivity index (χ1n) is 12.1. The largest absolute Gasteiger partial charge is 0.494 e. The van der Waals surface area contributed by atoms with Crippen LogP contribution in [0.5, 0.6) is 5.75 Å². The zero-order valence-corrected chi connectivity index (χ0v) is 22.5. The van der Waals surface area contributed by atoms with Crippen LogP contribution in [-0.2, 0) is 26.2 Å². The van der Waals surface area contributed by atoms with Crippen LogP contribution in [0.4, 0.5) is 5.69 Å². The average Bonchev–Trinajstić information content (AvgIpc) is 3.34. The highest BCUT2D eigenvalue weighted by Crippen LogP contribution is 2.24. The summed E-state index contributed by atoms with van der Waals surface area (Å²) in [6, 6.07) is 12.8. The molecule has 2 aromatic carbocycles. The summed E-state index contributed by atoms with van der Waals surface area (Å²) in [5.41, 5.74) is 0.995. The second-order valence-corrected chi connectivity index (χ2v) is 11.3. The molecule has 2 aromatic rings. The zero-order chi connectivity index (χ0) is 26.3. The van der Waals surface area contributed by atoms with Crippen LogP contribution in [0.2, 0.25) is 5.02 Å². The van der Waals surface area contributed by atoms with E-state index in [1.54, 1.807) is 55.5 Å². The predicted octanol–water partition coefficient (Wildman–Crippen LogP) is 3.98. The number of hydrogen-bond acceptors (Lipinski definition) is 5. The van der Waals surface area contributed by atoms with Crippen LogP contribution in [0.15, 0.2) is 48.5 Å². The van der Waals surface area contributed by atoms with E-state index in [4.69, 9.17) is 16.3 Å². The molecule has 1 aliphatic rings. The monoisotopic (exact) mass is 535 g/mol. The van der Waals surface area contributed by atoms with Crippen molar-refractivity contribution in [2.75, 3.05) is 23.7 Å². The molecule has 36 heavy (non-hydrogen) atoms. The second kappa shape index (κ2) is 12.5. The van der Waals surface area contributed by atoms with Gasteiger partial charge < -0.3 is 15.0 Å². The lowest BCUT2D eigenvalue weighted by atomic mass is 10.1. The predicted molar refractivity (Wildman–Crippen MR) is 142 cm³/mol. The lowest BCUT2D eigenvalue weighted by molar-refractivity contribution is -0.139. The number of rotatable bonds is 11. The summed E-state index contributed by atoms with van der Waals surface area (Å²) in [4.78, 5) is 28.1. The number of amides is 2. The molecular formula is C26H34ClN3O5S. The molecule has 1 saturated carbocycles. The number of carbonyl (C=O) groups excluding carboxylic acids is 2. The maximum atomic E-state index is 13.6. The Labute approximate surface area is 218 Å². The molecule has 0 saturated heterocycles. The number of halogens is 1. The molecule has 8 nitrogen and oxygen atoms in total. The standard InChI is InChI=1S/C26H34ClN3O5S/c1-4-35-23-15-13-22(14-16-23)30(36(3,33)34)18-25(31)29(17-20-9-5-8-12-24(20)27)19(2)26(32)28-21-10-6-7-11-21/h5,8-9,12-16,19,21H,4,6-7,10-11,17-18H2,1-3H3,(H,28,32)/t19-/m1/s1. The van der Waals surface area contributed by atoms with E-state index in [0.717, 1.165) is 36.2 Å². The molecule has 0 unspecified atom stereocenters. The van der Waals surface area contributed by atoms with Crippen molar-refractivity contribution >= 4 is 39.1 Å². The molecule has 1 aliphatic carbocycles. The van der Waals surface area contributed by atoms with Crippen molar-refractivity contribution in [3.05, 3.63) is 59.1 Å². The van der Waals surface area contributed by atoms with Gasteiger partial charge in [-0.1, -0.05) is 42.6 Å². The molecule has 0 radical (unpaired) electrons. The molecule has 2 amide bonds. The van der Waals surface area contributed by atoms with E-state index < -0.39 is 28.5 Å². The van der Waals surface area contributed by atoms with E-state index in [9.17, 15) is 18.0 Å². The normalized spacial score (nSPS) is 14.8. The van der Waals surface area contributed by atoms with E-state index in [2.05, 4.69) is 5.32 Å². The first kappa shape index (κ1) is 27.8. The van der Waals surface area contributed by atoms with Crippen molar-refractivity contribution in [3.63, 3.8) is 0 Å². The molecule has 0 bridgehead atoms. The Bertz CT molecular complexity index is 1150. The van der Waals surface area contributed by atoms with Crippen molar-refractivity contribution in [1.82, 2.24) is 10.2 Å². The van der Waals surface area contributed by atoms with Gasteiger partial charge in [0.2, 0.25) is 21.8 Å². The van der Waals surface area contributed by atoms with Crippen LogP contribution in [-0.4, -0.2) is 56.6 Å². The van der Waals surface area contributed by atoms with E-state index in [1.807, 2.05) is 6.92 Å². The molecule has 1 fully saturated rings. The molecule has 0 heterocycles. The van der Waals surface area contributed by atoms with Crippen LogP contribution in [0.3, 0.4) is 0 Å². The van der Waals surface area contributed by atoms with Crippen LogP contribution >= 0.6 is 11.6 Å². The molecule has 0 aliphatic heterocycles. The Kier molecular flexibility index (Phi) is 9.62. The Hall–Kier alpha value is -2.78. The van der Waals surface area contributed by atoms with Gasteiger partial charge in [-0.3, -0.25) is 13.9 Å². The number of nitrogens with one attached hydrogen (secondary N) is 1. The Balaban J connectivity index is 1.87. The summed E-state index contributed by atoms with van der Waals surface area (Å²) in [6.45, 7) is 3.59. The number of ether oxygens (including phenoxy) is 1. The molecule has 10 heteroatoms. The van der Waals surface area contributed by atoms with Crippen LogP contribution in [0, 0.1) is 0 Å². The number of carbonyl (C=O) groups is 2. The average molecular weight is 536 g/mol. The first-order chi connectivity index (χ1) is 17.1. The summed E-state index contributed by atoms with van der Waals surface area (Å²) in [7, 11) is -3.80.